The van der Waals surface area contributed by atoms with E-state index in [0.29, 0.717) is 0 Å². The van der Waals surface area contributed by atoms with Crippen molar-refractivity contribution in [1.29, 1.82) is 0 Å². The van der Waals surface area contributed by atoms with Gasteiger partial charge in [-0.3, -0.25) is 0 Å². The first kappa shape index (κ1) is 40.4. The van der Waals surface area contributed by atoms with Crippen LogP contribution in [0.15, 0.2) is 243 Å². The van der Waals surface area contributed by atoms with Gasteiger partial charge in [0.05, 0.1) is 0 Å². The molecule has 0 amide bonds. The van der Waals surface area contributed by atoms with E-state index in [9.17, 15) is 0 Å². The molecule has 0 bridgehead atoms. The van der Waals surface area contributed by atoms with E-state index in [4.69, 9.17) is 0 Å². The Morgan fingerprint density at radius 2 is 0.939 bits per heavy atom. The van der Waals surface area contributed by atoms with Gasteiger partial charge in [0, 0.05) is 51.1 Å². The summed E-state index contributed by atoms with van der Waals surface area (Å²) >= 11 is 0. The predicted molar refractivity (Wildman–Crippen MR) is 283 cm³/mol. The van der Waals surface area contributed by atoms with Crippen molar-refractivity contribution >= 4 is 63.7 Å². The fourth-order valence-electron chi connectivity index (χ4n) is 9.69. The van der Waals surface area contributed by atoms with Crippen molar-refractivity contribution in [2.75, 3.05) is 15.1 Å². The second kappa shape index (κ2) is 17.7. The lowest BCUT2D eigenvalue weighted by atomic mass is 9.57. The molecule has 10 aromatic carbocycles. The predicted octanol–water partition coefficient (Wildman–Crippen LogP) is 15.4. The molecular formula is C62H48BN3. The summed E-state index contributed by atoms with van der Waals surface area (Å²) in [6.07, 6.45) is 0. The highest BCUT2D eigenvalue weighted by Gasteiger charge is 2.31. The largest absolute Gasteiger partial charge is 0.355 e. The molecular weight excluding hydrogens is 798 g/mol. The molecule has 3 nitrogen and oxygen atoms in total. The molecule has 66 heavy (non-hydrogen) atoms. The number of fused-ring (bicyclic) bond motifs is 2. The molecule has 0 aliphatic carbocycles. The lowest BCUT2D eigenvalue weighted by molar-refractivity contribution is 1.25. The molecule has 0 radical (unpaired) electrons. The topological polar surface area (TPSA) is 18.5 Å². The summed E-state index contributed by atoms with van der Waals surface area (Å²) in [4.78, 5) is 4.90. The minimum absolute atomic E-state index is 0.745. The number of nitrogens with one attached hydrogen (secondary N) is 1. The summed E-state index contributed by atoms with van der Waals surface area (Å²) in [6, 6.07) is 87.8. The Morgan fingerprint density at radius 1 is 0.364 bits per heavy atom. The van der Waals surface area contributed by atoms with Crippen LogP contribution in [0.3, 0.4) is 0 Å². The second-order valence-corrected chi connectivity index (χ2v) is 17.2. The van der Waals surface area contributed by atoms with Crippen LogP contribution in [0, 0.1) is 13.8 Å². The van der Waals surface area contributed by atoms with Gasteiger partial charge < -0.3 is 15.1 Å². The fourth-order valence-corrected chi connectivity index (χ4v) is 9.69. The van der Waals surface area contributed by atoms with Crippen LogP contribution in [-0.2, 0) is 0 Å². The monoisotopic (exact) mass is 845 g/mol. The van der Waals surface area contributed by atoms with Crippen molar-refractivity contribution in [2.45, 2.75) is 13.8 Å². The number of aryl methyl sites for hydroxylation is 2. The minimum Gasteiger partial charge on any atom is -0.355 e. The highest BCUT2D eigenvalue weighted by molar-refractivity contribution is 6.73. The third-order valence-corrected chi connectivity index (χ3v) is 12.9. The quantitative estimate of drug-likeness (QED) is 0.138. The standard InChI is InChI=1S/C62H48BN3/c1-43-20-15-16-31-54(43)49-40-56(55-32-17-18-33-58(55)64-50-26-19-25-47(39-50)45-21-7-3-8-22-45)62-61(41-49)66(59-36-34-48(38-44(59)2)46-23-9-4-10-24-46)60-37-35-53(42-57(60)63-62)65(51-27-11-5-12-28-51)52-29-13-6-14-30-52/h3-42,63-64H,1-2H3. The van der Waals surface area contributed by atoms with E-state index in [0.717, 1.165) is 47.0 Å². The van der Waals surface area contributed by atoms with Crippen LogP contribution < -0.4 is 26.0 Å². The lowest BCUT2D eigenvalue weighted by Crippen LogP contribution is -2.41. The molecule has 1 aliphatic heterocycles. The van der Waals surface area contributed by atoms with Crippen LogP contribution in [-0.4, -0.2) is 7.28 Å². The maximum Gasteiger partial charge on any atom is 0.198 e. The van der Waals surface area contributed by atoms with E-state index >= 15 is 0 Å². The van der Waals surface area contributed by atoms with Gasteiger partial charge in [0.1, 0.15) is 0 Å². The lowest BCUT2D eigenvalue weighted by Gasteiger charge is -2.37. The molecule has 1 heterocycles. The van der Waals surface area contributed by atoms with Gasteiger partial charge in [-0.1, -0.05) is 163 Å². The van der Waals surface area contributed by atoms with E-state index in [1.54, 1.807) is 0 Å². The molecule has 1 N–H and O–H groups in total. The molecule has 1 aliphatic rings. The molecule has 0 spiro atoms. The van der Waals surface area contributed by atoms with Gasteiger partial charge in [-0.2, -0.15) is 0 Å². The third kappa shape index (κ3) is 7.84. The number of para-hydroxylation sites is 3. The summed E-state index contributed by atoms with van der Waals surface area (Å²) in [5, 5.41) is 3.89. The average Bonchev–Trinajstić information content (AvgIpc) is 3.37. The molecule has 0 atom stereocenters. The van der Waals surface area contributed by atoms with Crippen LogP contribution in [0.1, 0.15) is 11.1 Å². The highest BCUT2D eigenvalue weighted by Crippen LogP contribution is 2.45. The second-order valence-electron chi connectivity index (χ2n) is 17.2. The number of anilines is 8. The Kier molecular flexibility index (Phi) is 10.8. The summed E-state index contributed by atoms with van der Waals surface area (Å²) in [5.41, 5.74) is 23.5. The Balaban J connectivity index is 1.13. The molecule has 0 saturated carbocycles. The zero-order valence-corrected chi connectivity index (χ0v) is 37.2. The number of rotatable bonds is 10. The van der Waals surface area contributed by atoms with Crippen molar-refractivity contribution in [1.82, 2.24) is 0 Å². The van der Waals surface area contributed by atoms with Crippen LogP contribution in [0.2, 0.25) is 0 Å². The normalized spacial score (nSPS) is 11.6. The summed E-state index contributed by atoms with van der Waals surface area (Å²) in [7, 11) is 0.745. The maximum atomic E-state index is 3.89. The molecule has 0 fully saturated rings. The molecule has 11 rings (SSSR count). The molecule has 4 heteroatoms. The number of hydrogen-bond donors (Lipinski definition) is 1. The van der Waals surface area contributed by atoms with Crippen molar-refractivity contribution in [3.8, 4) is 44.5 Å². The van der Waals surface area contributed by atoms with Crippen LogP contribution >= 0.6 is 0 Å². The summed E-state index contributed by atoms with van der Waals surface area (Å²) in [5.74, 6) is 0. The van der Waals surface area contributed by atoms with Crippen LogP contribution in [0.25, 0.3) is 44.5 Å². The van der Waals surface area contributed by atoms with Gasteiger partial charge in [-0.05, 0) is 154 Å². The van der Waals surface area contributed by atoms with E-state index in [1.807, 2.05) is 0 Å². The zero-order chi connectivity index (χ0) is 44.4. The molecule has 314 valence electrons. The van der Waals surface area contributed by atoms with Crippen LogP contribution in [0.5, 0.6) is 0 Å². The molecule has 0 saturated heterocycles. The van der Waals surface area contributed by atoms with Crippen molar-refractivity contribution < 1.29 is 0 Å². The van der Waals surface area contributed by atoms with Gasteiger partial charge in [-0.25, -0.2) is 0 Å². The van der Waals surface area contributed by atoms with Crippen molar-refractivity contribution in [3.63, 3.8) is 0 Å². The van der Waals surface area contributed by atoms with Gasteiger partial charge in [0.2, 0.25) is 0 Å². The van der Waals surface area contributed by atoms with Gasteiger partial charge >= 0.3 is 0 Å². The van der Waals surface area contributed by atoms with Crippen molar-refractivity contribution in [2.24, 2.45) is 0 Å². The Hall–Kier alpha value is -8.34. The summed E-state index contributed by atoms with van der Waals surface area (Å²) < 4.78 is 0. The first-order valence-electron chi connectivity index (χ1n) is 22.8. The minimum atomic E-state index is 0.745. The Bertz CT molecular complexity index is 3290. The van der Waals surface area contributed by atoms with E-state index in [2.05, 4.69) is 272 Å². The smallest absolute Gasteiger partial charge is 0.198 e. The molecule has 0 aromatic heterocycles. The first-order chi connectivity index (χ1) is 32.6. The Labute approximate surface area is 389 Å². The summed E-state index contributed by atoms with van der Waals surface area (Å²) in [6.45, 7) is 4.47. The number of hydrogen-bond acceptors (Lipinski definition) is 3. The number of nitrogens with zero attached hydrogens (tertiary/aromatic N) is 2. The molecule has 0 unspecified atom stereocenters. The molecule has 10 aromatic rings. The highest BCUT2D eigenvalue weighted by atomic mass is 15.2. The fraction of sp³-hybridized carbons (Fsp3) is 0.0323. The van der Waals surface area contributed by atoms with E-state index in [1.165, 1.54) is 72.4 Å². The zero-order valence-electron chi connectivity index (χ0n) is 37.2. The first-order valence-corrected chi connectivity index (χ1v) is 22.8. The van der Waals surface area contributed by atoms with Gasteiger partial charge in [0.15, 0.2) is 7.28 Å². The SMILES string of the molecule is Cc1ccccc1-c1cc(-c2ccccc2Nc2cccc(-c3ccccc3)c2)c2c(c1)N(c1ccc(-c3ccccc3)cc1C)c1ccc(N(c3ccccc3)c3ccccc3)cc1B2. The van der Waals surface area contributed by atoms with E-state index in [-0.39, 0.29) is 0 Å². The van der Waals surface area contributed by atoms with E-state index < -0.39 is 0 Å². The van der Waals surface area contributed by atoms with Crippen LogP contribution in [0.4, 0.5) is 45.5 Å². The third-order valence-electron chi connectivity index (χ3n) is 12.9. The maximum absolute atomic E-state index is 3.89. The van der Waals surface area contributed by atoms with Crippen molar-refractivity contribution in [3.05, 3.63) is 254 Å². The van der Waals surface area contributed by atoms with Gasteiger partial charge in [0.25, 0.3) is 0 Å². The number of benzene rings is 10. The Morgan fingerprint density at radius 3 is 1.61 bits per heavy atom. The van der Waals surface area contributed by atoms with Gasteiger partial charge in [-0.15, -0.1) is 0 Å². The average molecular weight is 846 g/mol.